The van der Waals surface area contributed by atoms with Crippen LogP contribution in [-0.4, -0.2) is 20.0 Å². The number of benzene rings is 1. The Morgan fingerprint density at radius 1 is 1.27 bits per heavy atom. The molecule has 0 saturated heterocycles. The average molecular weight is 380 g/mol. The molecule has 1 aromatic carbocycles. The van der Waals surface area contributed by atoms with Gasteiger partial charge in [-0.15, -0.1) is 0 Å². The molecule has 2 aromatic rings. The lowest BCUT2D eigenvalue weighted by molar-refractivity contribution is -0.384. The molecule has 26 heavy (non-hydrogen) atoms. The average Bonchev–Trinajstić information content (AvgIpc) is 2.60. The third kappa shape index (κ3) is 4.25. The molecule has 136 valence electrons. The van der Waals surface area contributed by atoms with Crippen molar-refractivity contribution in [1.29, 1.82) is 0 Å². The molecule has 9 nitrogen and oxygen atoms in total. The largest absolute Gasteiger partial charge is 0.456 e. The van der Waals surface area contributed by atoms with Gasteiger partial charge in [0.15, 0.2) is 0 Å². The molecule has 10 heteroatoms. The summed E-state index contributed by atoms with van der Waals surface area (Å²) in [6, 6.07) is 5.27. The molecule has 0 aliphatic heterocycles. The number of hydrogen-bond acceptors (Lipinski definition) is 6. The SMILES string of the molecule is Cn1c(COC(=O)C=Cc2ccc(Cl)c([N+](=O)[O-])c2)cc(=O)n(C)c1=O. The lowest BCUT2D eigenvalue weighted by Gasteiger charge is -2.09. The number of nitro groups is 1. The number of hydrogen-bond donors (Lipinski definition) is 0. The topological polar surface area (TPSA) is 113 Å². The van der Waals surface area contributed by atoms with Crippen molar-refractivity contribution in [3.8, 4) is 0 Å². The number of ether oxygens (including phenoxy) is 1. The summed E-state index contributed by atoms with van der Waals surface area (Å²) in [5, 5.41) is 10.8. The summed E-state index contributed by atoms with van der Waals surface area (Å²) < 4.78 is 7.11. The first kappa shape index (κ1) is 19.1. The fourth-order valence-corrected chi connectivity index (χ4v) is 2.23. The maximum atomic E-state index is 11.8. The summed E-state index contributed by atoms with van der Waals surface area (Å²) in [6.07, 6.45) is 2.40. The van der Waals surface area contributed by atoms with E-state index in [1.807, 2.05) is 0 Å². The second-order valence-corrected chi connectivity index (χ2v) is 5.69. The molecule has 0 atom stereocenters. The second-order valence-electron chi connectivity index (χ2n) is 5.28. The van der Waals surface area contributed by atoms with Crippen molar-refractivity contribution >= 4 is 29.3 Å². The molecule has 0 N–H and O–H groups in total. The Morgan fingerprint density at radius 2 is 1.96 bits per heavy atom. The molecular formula is C16H14ClN3O6. The minimum Gasteiger partial charge on any atom is -0.456 e. The molecule has 0 aliphatic rings. The zero-order valence-electron chi connectivity index (χ0n) is 13.8. The van der Waals surface area contributed by atoms with Crippen molar-refractivity contribution in [1.82, 2.24) is 9.13 Å². The van der Waals surface area contributed by atoms with Crippen molar-refractivity contribution in [3.63, 3.8) is 0 Å². The van der Waals surface area contributed by atoms with Crippen LogP contribution in [0.25, 0.3) is 6.08 Å². The monoisotopic (exact) mass is 379 g/mol. The van der Waals surface area contributed by atoms with Crippen molar-refractivity contribution in [2.24, 2.45) is 14.1 Å². The van der Waals surface area contributed by atoms with Crippen molar-refractivity contribution < 1.29 is 14.5 Å². The molecule has 0 fully saturated rings. The highest BCUT2D eigenvalue weighted by Crippen LogP contribution is 2.25. The van der Waals surface area contributed by atoms with Crippen LogP contribution in [0.3, 0.4) is 0 Å². The number of carbonyl (C=O) groups is 1. The smallest absolute Gasteiger partial charge is 0.331 e. The molecule has 0 spiro atoms. The molecule has 0 aliphatic carbocycles. The van der Waals surface area contributed by atoms with Gasteiger partial charge in [-0.3, -0.25) is 24.0 Å². The van der Waals surface area contributed by atoms with Gasteiger partial charge in [-0.1, -0.05) is 17.7 Å². The van der Waals surface area contributed by atoms with Crippen molar-refractivity contribution in [2.45, 2.75) is 6.61 Å². The van der Waals surface area contributed by atoms with E-state index >= 15 is 0 Å². The highest BCUT2D eigenvalue weighted by Gasteiger charge is 2.12. The van der Waals surface area contributed by atoms with Gasteiger partial charge in [0, 0.05) is 32.3 Å². The number of carbonyl (C=O) groups excluding carboxylic acids is 1. The van der Waals surface area contributed by atoms with E-state index in [0.29, 0.717) is 5.56 Å². The number of rotatable bonds is 5. The van der Waals surface area contributed by atoms with E-state index in [-0.39, 0.29) is 23.0 Å². The van der Waals surface area contributed by atoms with Gasteiger partial charge in [-0.25, -0.2) is 9.59 Å². The molecule has 0 amide bonds. The first-order valence-electron chi connectivity index (χ1n) is 7.25. The van der Waals surface area contributed by atoms with Crippen LogP contribution in [0.2, 0.25) is 5.02 Å². The van der Waals surface area contributed by atoms with Crippen LogP contribution in [-0.2, 0) is 30.2 Å². The Labute approximate surface area is 151 Å². The summed E-state index contributed by atoms with van der Waals surface area (Å²) in [7, 11) is 2.79. The molecule has 0 radical (unpaired) electrons. The first-order chi connectivity index (χ1) is 12.2. The lowest BCUT2D eigenvalue weighted by atomic mass is 10.2. The zero-order valence-corrected chi connectivity index (χ0v) is 14.6. The summed E-state index contributed by atoms with van der Waals surface area (Å²) in [6.45, 7) is -0.272. The van der Waals surface area contributed by atoms with E-state index in [1.54, 1.807) is 0 Å². The van der Waals surface area contributed by atoms with Gasteiger partial charge >= 0.3 is 11.7 Å². The Kier molecular flexibility index (Phi) is 5.73. The third-order valence-electron chi connectivity index (χ3n) is 3.57. The third-order valence-corrected chi connectivity index (χ3v) is 3.89. The van der Waals surface area contributed by atoms with E-state index in [4.69, 9.17) is 16.3 Å². The van der Waals surface area contributed by atoms with Crippen LogP contribution in [0.5, 0.6) is 0 Å². The van der Waals surface area contributed by atoms with Gasteiger partial charge in [-0.2, -0.15) is 0 Å². The number of halogens is 1. The van der Waals surface area contributed by atoms with Gasteiger partial charge in [0.05, 0.1) is 10.6 Å². The minimum atomic E-state index is -0.740. The van der Waals surface area contributed by atoms with Crippen LogP contribution >= 0.6 is 11.6 Å². The standard InChI is InChI=1S/C16H14ClN3O6/c1-18-11(8-14(21)19(2)16(18)23)9-26-15(22)6-4-10-3-5-12(17)13(7-10)20(24)25/h3-8H,9H2,1-2H3. The van der Waals surface area contributed by atoms with Crippen molar-refractivity contribution in [2.75, 3.05) is 0 Å². The van der Waals surface area contributed by atoms with Gasteiger partial charge in [0.2, 0.25) is 0 Å². The van der Waals surface area contributed by atoms with E-state index in [0.717, 1.165) is 10.6 Å². The molecular weight excluding hydrogens is 366 g/mol. The van der Waals surface area contributed by atoms with Gasteiger partial charge in [0.1, 0.15) is 11.6 Å². The molecule has 1 aromatic heterocycles. The van der Waals surface area contributed by atoms with Crippen LogP contribution in [0, 0.1) is 10.1 Å². The number of aromatic nitrogens is 2. The van der Waals surface area contributed by atoms with E-state index in [9.17, 15) is 24.5 Å². The quantitative estimate of drug-likeness (QED) is 0.336. The molecule has 2 rings (SSSR count). The molecule has 0 unspecified atom stereocenters. The van der Waals surface area contributed by atoms with Gasteiger partial charge < -0.3 is 4.74 Å². The predicted octanol–water partition coefficient (Wildman–Crippen LogP) is 1.40. The summed E-state index contributed by atoms with van der Waals surface area (Å²) in [5.41, 5.74) is -0.700. The van der Waals surface area contributed by atoms with E-state index in [2.05, 4.69) is 0 Å². The normalized spacial score (nSPS) is 10.9. The first-order valence-corrected chi connectivity index (χ1v) is 7.63. The van der Waals surface area contributed by atoms with Crippen LogP contribution in [0.15, 0.2) is 39.9 Å². The van der Waals surface area contributed by atoms with E-state index < -0.39 is 22.1 Å². The highest BCUT2D eigenvalue weighted by atomic mass is 35.5. The molecule has 1 heterocycles. The summed E-state index contributed by atoms with van der Waals surface area (Å²) >= 11 is 5.71. The second kappa shape index (κ2) is 7.79. The predicted molar refractivity (Wildman–Crippen MR) is 93.9 cm³/mol. The van der Waals surface area contributed by atoms with E-state index in [1.165, 1.54) is 49.0 Å². The van der Waals surface area contributed by atoms with Crippen LogP contribution in [0.1, 0.15) is 11.3 Å². The van der Waals surface area contributed by atoms with Crippen LogP contribution in [0.4, 0.5) is 5.69 Å². The van der Waals surface area contributed by atoms with Crippen molar-refractivity contribution in [3.05, 3.63) is 77.6 Å². The minimum absolute atomic E-state index is 0.0127. The maximum absolute atomic E-state index is 11.8. The fraction of sp³-hybridized carbons (Fsp3) is 0.188. The molecule has 0 bridgehead atoms. The molecule has 0 saturated carbocycles. The Bertz CT molecular complexity index is 1020. The Balaban J connectivity index is 2.09. The number of esters is 1. The van der Waals surface area contributed by atoms with Gasteiger partial charge in [-0.05, 0) is 17.7 Å². The number of nitro benzene ring substituents is 1. The fourth-order valence-electron chi connectivity index (χ4n) is 2.05. The zero-order chi connectivity index (χ0) is 19.4. The highest BCUT2D eigenvalue weighted by molar-refractivity contribution is 6.32. The van der Waals surface area contributed by atoms with Gasteiger partial charge in [0.25, 0.3) is 11.2 Å². The summed E-state index contributed by atoms with van der Waals surface area (Å²) in [4.78, 5) is 45.4. The number of nitrogens with zero attached hydrogens (tertiary/aromatic N) is 3. The summed E-state index contributed by atoms with van der Waals surface area (Å²) in [5.74, 6) is -0.740. The van der Waals surface area contributed by atoms with Crippen LogP contribution < -0.4 is 11.2 Å². The lowest BCUT2D eigenvalue weighted by Crippen LogP contribution is -2.38. The Morgan fingerprint density at radius 3 is 2.62 bits per heavy atom. The Hall–Kier alpha value is -3.20. The maximum Gasteiger partial charge on any atom is 0.331 e.